The summed E-state index contributed by atoms with van der Waals surface area (Å²) in [6, 6.07) is 6.60. The monoisotopic (exact) mass is 364 g/mol. The van der Waals surface area contributed by atoms with Crippen LogP contribution in [0, 0.1) is 6.92 Å². The number of rotatable bonds is 4. The summed E-state index contributed by atoms with van der Waals surface area (Å²) in [6.07, 6.45) is 3.79. The number of nitrogens with zero attached hydrogens (tertiary/aromatic N) is 4. The van der Waals surface area contributed by atoms with Crippen LogP contribution < -0.4 is 4.74 Å². The fourth-order valence-corrected chi connectivity index (χ4v) is 4.18. The van der Waals surface area contributed by atoms with E-state index in [-0.39, 0.29) is 0 Å². The van der Waals surface area contributed by atoms with Crippen LogP contribution in [0.25, 0.3) is 11.6 Å². The Morgan fingerprint density at radius 1 is 1.22 bits per heavy atom. The van der Waals surface area contributed by atoms with Gasteiger partial charge in [0.25, 0.3) is 0 Å². The molecule has 4 heterocycles. The third-order valence-corrected chi connectivity index (χ3v) is 5.50. The molecule has 0 spiro atoms. The Bertz CT molecular complexity index is 988. The van der Waals surface area contributed by atoms with Gasteiger partial charge in [0.15, 0.2) is 5.69 Å². The number of benzene rings is 1. The average Bonchev–Trinajstić information content (AvgIpc) is 3.39. The summed E-state index contributed by atoms with van der Waals surface area (Å²) in [6.45, 7) is 8.58. The first-order valence-corrected chi connectivity index (χ1v) is 9.69. The molecule has 2 aliphatic heterocycles. The van der Waals surface area contributed by atoms with Crippen molar-refractivity contribution in [3.8, 4) is 17.3 Å². The maximum atomic E-state index is 5.78. The quantitative estimate of drug-likeness (QED) is 0.710. The van der Waals surface area contributed by atoms with Crippen LogP contribution in [0.4, 0.5) is 0 Å². The lowest BCUT2D eigenvalue weighted by molar-refractivity contribution is 0.242. The van der Waals surface area contributed by atoms with Crippen molar-refractivity contribution in [3.63, 3.8) is 0 Å². The minimum Gasteiger partial charge on any atom is -0.493 e. The van der Waals surface area contributed by atoms with Crippen LogP contribution in [0.5, 0.6) is 5.75 Å². The van der Waals surface area contributed by atoms with Gasteiger partial charge in [-0.25, -0.2) is 4.98 Å². The van der Waals surface area contributed by atoms with E-state index in [0.717, 1.165) is 62.8 Å². The van der Waals surface area contributed by atoms with Gasteiger partial charge >= 0.3 is 0 Å². The van der Waals surface area contributed by atoms with Gasteiger partial charge in [0.2, 0.25) is 5.89 Å². The van der Waals surface area contributed by atoms with E-state index in [0.29, 0.717) is 5.89 Å². The van der Waals surface area contributed by atoms with Gasteiger partial charge in [-0.3, -0.25) is 9.58 Å². The topological polar surface area (TPSA) is 56.3 Å². The summed E-state index contributed by atoms with van der Waals surface area (Å²) in [5.41, 5.74) is 6.16. The highest BCUT2D eigenvalue weighted by atomic mass is 16.5. The number of hydrogen-bond acceptors (Lipinski definition) is 5. The normalized spacial score (nSPS) is 16.2. The van der Waals surface area contributed by atoms with E-state index in [2.05, 4.69) is 39.7 Å². The standard InChI is InChI=1S/C21H24N4O2/c1-3-25-18-6-8-24(12-15-4-5-19-16(10-15)7-9-26-19)13-17(18)20(23-25)21-22-11-14(2)27-21/h4-5,10-11H,3,6-9,12-13H2,1-2H3. The van der Waals surface area contributed by atoms with Crippen LogP contribution in [0.1, 0.15) is 35.1 Å². The Morgan fingerprint density at radius 3 is 2.96 bits per heavy atom. The van der Waals surface area contributed by atoms with Gasteiger partial charge in [0.05, 0.1) is 12.8 Å². The van der Waals surface area contributed by atoms with E-state index in [1.807, 2.05) is 6.92 Å². The first kappa shape index (κ1) is 16.6. The van der Waals surface area contributed by atoms with Gasteiger partial charge in [-0.15, -0.1) is 0 Å². The van der Waals surface area contributed by atoms with Crippen LogP contribution >= 0.6 is 0 Å². The third-order valence-electron chi connectivity index (χ3n) is 5.50. The summed E-state index contributed by atoms with van der Waals surface area (Å²) in [4.78, 5) is 6.90. The molecule has 0 unspecified atom stereocenters. The zero-order valence-corrected chi connectivity index (χ0v) is 15.9. The molecule has 3 aromatic rings. The molecular weight excluding hydrogens is 340 g/mol. The van der Waals surface area contributed by atoms with Crippen LogP contribution in [0.2, 0.25) is 0 Å². The molecule has 5 rings (SSSR count). The minimum absolute atomic E-state index is 0.632. The van der Waals surface area contributed by atoms with E-state index in [9.17, 15) is 0 Å². The van der Waals surface area contributed by atoms with E-state index < -0.39 is 0 Å². The van der Waals surface area contributed by atoms with Gasteiger partial charge in [0.1, 0.15) is 11.5 Å². The molecule has 0 atom stereocenters. The van der Waals surface area contributed by atoms with Crippen molar-refractivity contribution >= 4 is 0 Å². The zero-order chi connectivity index (χ0) is 18.4. The highest BCUT2D eigenvalue weighted by molar-refractivity contribution is 5.55. The van der Waals surface area contributed by atoms with Crippen molar-refractivity contribution in [2.24, 2.45) is 0 Å². The molecule has 2 aliphatic rings. The first-order valence-electron chi connectivity index (χ1n) is 9.69. The molecule has 1 aromatic carbocycles. The maximum absolute atomic E-state index is 5.78. The Hall–Kier alpha value is -2.60. The molecule has 6 heteroatoms. The summed E-state index contributed by atoms with van der Waals surface area (Å²) in [5, 5.41) is 4.80. The molecule has 0 bridgehead atoms. The van der Waals surface area contributed by atoms with Crippen molar-refractivity contribution in [2.75, 3.05) is 13.2 Å². The Labute approximate surface area is 158 Å². The largest absolute Gasteiger partial charge is 0.493 e. The van der Waals surface area contributed by atoms with Crippen molar-refractivity contribution in [3.05, 3.63) is 52.5 Å². The molecular formula is C21H24N4O2. The molecule has 0 N–H and O–H groups in total. The molecule has 6 nitrogen and oxygen atoms in total. The molecule has 27 heavy (non-hydrogen) atoms. The number of aryl methyl sites for hydroxylation is 2. The number of oxazole rings is 1. The van der Waals surface area contributed by atoms with Gasteiger partial charge in [-0.2, -0.15) is 5.10 Å². The molecule has 0 saturated heterocycles. The minimum atomic E-state index is 0.632. The fourth-order valence-electron chi connectivity index (χ4n) is 4.18. The molecule has 0 aliphatic carbocycles. The molecule has 2 aromatic heterocycles. The number of aromatic nitrogens is 3. The second-order valence-corrected chi connectivity index (χ2v) is 7.37. The van der Waals surface area contributed by atoms with Crippen molar-refractivity contribution in [1.82, 2.24) is 19.7 Å². The maximum Gasteiger partial charge on any atom is 0.247 e. The lowest BCUT2D eigenvalue weighted by Crippen LogP contribution is -2.30. The van der Waals surface area contributed by atoms with E-state index in [1.54, 1.807) is 6.20 Å². The Morgan fingerprint density at radius 2 is 2.15 bits per heavy atom. The van der Waals surface area contributed by atoms with Gasteiger partial charge < -0.3 is 9.15 Å². The highest BCUT2D eigenvalue weighted by Crippen LogP contribution is 2.31. The summed E-state index contributed by atoms with van der Waals surface area (Å²) in [5.74, 6) is 2.50. The summed E-state index contributed by atoms with van der Waals surface area (Å²) < 4.78 is 13.5. The fraction of sp³-hybridized carbons (Fsp3) is 0.429. The lowest BCUT2D eigenvalue weighted by Gasteiger charge is -2.27. The number of fused-ring (bicyclic) bond motifs is 2. The molecule has 0 fully saturated rings. The SMILES string of the molecule is CCn1nc(-c2ncc(C)o2)c2c1CCN(Cc1ccc3c(c1)CCO3)C2. The van der Waals surface area contributed by atoms with E-state index in [4.69, 9.17) is 14.3 Å². The van der Waals surface area contributed by atoms with Gasteiger partial charge in [-0.05, 0) is 31.0 Å². The van der Waals surface area contributed by atoms with E-state index in [1.165, 1.54) is 22.4 Å². The third kappa shape index (κ3) is 2.94. The second kappa shape index (κ2) is 6.53. The smallest absolute Gasteiger partial charge is 0.247 e. The predicted octanol–water partition coefficient (Wildman–Crippen LogP) is 3.36. The van der Waals surface area contributed by atoms with Crippen molar-refractivity contribution < 1.29 is 9.15 Å². The average molecular weight is 364 g/mol. The van der Waals surface area contributed by atoms with Gasteiger partial charge in [0, 0.05) is 50.3 Å². The Kier molecular flexibility index (Phi) is 4.01. The molecule has 0 radical (unpaired) electrons. The molecule has 0 saturated carbocycles. The summed E-state index contributed by atoms with van der Waals surface area (Å²) in [7, 11) is 0. The second-order valence-electron chi connectivity index (χ2n) is 7.37. The van der Waals surface area contributed by atoms with E-state index >= 15 is 0 Å². The highest BCUT2D eigenvalue weighted by Gasteiger charge is 2.27. The number of hydrogen-bond donors (Lipinski definition) is 0. The summed E-state index contributed by atoms with van der Waals surface area (Å²) >= 11 is 0. The molecule has 140 valence electrons. The molecule has 0 amide bonds. The van der Waals surface area contributed by atoms with Crippen molar-refractivity contribution in [1.29, 1.82) is 0 Å². The predicted molar refractivity (Wildman–Crippen MR) is 102 cm³/mol. The van der Waals surface area contributed by atoms with Crippen LogP contribution in [-0.4, -0.2) is 32.8 Å². The van der Waals surface area contributed by atoms with Gasteiger partial charge in [-0.1, -0.05) is 12.1 Å². The lowest BCUT2D eigenvalue weighted by atomic mass is 10.0. The number of ether oxygens (including phenoxy) is 1. The zero-order valence-electron chi connectivity index (χ0n) is 15.9. The Balaban J connectivity index is 1.42. The van der Waals surface area contributed by atoms with Crippen LogP contribution in [0.15, 0.2) is 28.8 Å². The first-order chi connectivity index (χ1) is 13.2. The van der Waals surface area contributed by atoms with Crippen LogP contribution in [-0.2, 0) is 32.5 Å². The van der Waals surface area contributed by atoms with Crippen molar-refractivity contribution in [2.45, 2.75) is 46.3 Å². The van der Waals surface area contributed by atoms with Crippen LogP contribution in [0.3, 0.4) is 0 Å².